The van der Waals surface area contributed by atoms with Crippen molar-refractivity contribution in [1.29, 1.82) is 0 Å². The molecule has 1 aromatic heterocycles. The van der Waals surface area contributed by atoms with Crippen LogP contribution in [0.3, 0.4) is 0 Å². The Morgan fingerprint density at radius 1 is 1.20 bits per heavy atom. The summed E-state index contributed by atoms with van der Waals surface area (Å²) in [4.78, 5) is 8.70. The third-order valence-electron chi connectivity index (χ3n) is 3.31. The third-order valence-corrected chi connectivity index (χ3v) is 3.31. The molecular formula is C16H20FN3. The van der Waals surface area contributed by atoms with Crippen LogP contribution in [-0.4, -0.2) is 16.5 Å². The average molecular weight is 273 g/mol. The maximum Gasteiger partial charge on any atom is 0.133 e. The van der Waals surface area contributed by atoms with Crippen LogP contribution in [0.5, 0.6) is 0 Å². The van der Waals surface area contributed by atoms with E-state index < -0.39 is 0 Å². The van der Waals surface area contributed by atoms with E-state index in [0.29, 0.717) is 5.56 Å². The number of anilines is 1. The predicted molar refractivity (Wildman–Crippen MR) is 80.3 cm³/mol. The zero-order chi connectivity index (χ0) is 14.5. The lowest BCUT2D eigenvalue weighted by Crippen LogP contribution is -2.07. The summed E-state index contributed by atoms with van der Waals surface area (Å²) in [5, 5.41) is 3.26. The molecular weight excluding hydrogens is 253 g/mol. The van der Waals surface area contributed by atoms with Crippen molar-refractivity contribution >= 4 is 5.82 Å². The molecule has 0 aliphatic carbocycles. The topological polar surface area (TPSA) is 37.8 Å². The number of halogens is 1. The minimum absolute atomic E-state index is 0.200. The Kier molecular flexibility index (Phi) is 4.66. The van der Waals surface area contributed by atoms with E-state index in [9.17, 15) is 4.39 Å². The van der Waals surface area contributed by atoms with E-state index in [1.807, 2.05) is 13.0 Å². The first kappa shape index (κ1) is 14.4. The van der Waals surface area contributed by atoms with Crippen molar-refractivity contribution in [3.63, 3.8) is 0 Å². The second kappa shape index (κ2) is 6.46. The molecule has 0 amide bonds. The lowest BCUT2D eigenvalue weighted by Gasteiger charge is -2.14. The number of nitrogens with one attached hydrogen (secondary N) is 1. The summed E-state index contributed by atoms with van der Waals surface area (Å²) in [6.45, 7) is 6.74. The minimum Gasteiger partial charge on any atom is -0.370 e. The number of hydrogen-bond donors (Lipinski definition) is 1. The SMILES string of the molecule is CCCc1c(NCC)ncnc1-c1cccc(F)c1C. The molecule has 0 saturated carbocycles. The van der Waals surface area contributed by atoms with Gasteiger partial charge in [-0.05, 0) is 31.9 Å². The highest BCUT2D eigenvalue weighted by Crippen LogP contribution is 2.30. The molecule has 0 aliphatic heterocycles. The zero-order valence-corrected chi connectivity index (χ0v) is 12.2. The molecule has 20 heavy (non-hydrogen) atoms. The fraction of sp³-hybridized carbons (Fsp3) is 0.375. The second-order valence-electron chi connectivity index (χ2n) is 4.74. The van der Waals surface area contributed by atoms with Crippen molar-refractivity contribution in [2.24, 2.45) is 0 Å². The highest BCUT2D eigenvalue weighted by atomic mass is 19.1. The van der Waals surface area contributed by atoms with Gasteiger partial charge in [0.05, 0.1) is 5.69 Å². The van der Waals surface area contributed by atoms with Crippen LogP contribution in [-0.2, 0) is 6.42 Å². The normalized spacial score (nSPS) is 10.6. The van der Waals surface area contributed by atoms with Crippen LogP contribution >= 0.6 is 0 Å². The molecule has 0 unspecified atom stereocenters. The maximum absolute atomic E-state index is 13.8. The molecule has 0 saturated heterocycles. The molecule has 4 heteroatoms. The molecule has 1 aromatic carbocycles. The van der Waals surface area contributed by atoms with Gasteiger partial charge in [0, 0.05) is 17.7 Å². The summed E-state index contributed by atoms with van der Waals surface area (Å²) in [6, 6.07) is 5.11. The molecule has 2 rings (SSSR count). The van der Waals surface area contributed by atoms with Crippen molar-refractivity contribution in [2.45, 2.75) is 33.6 Å². The number of nitrogens with zero attached hydrogens (tertiary/aromatic N) is 2. The van der Waals surface area contributed by atoms with E-state index in [2.05, 4.69) is 22.2 Å². The van der Waals surface area contributed by atoms with Crippen molar-refractivity contribution in [1.82, 2.24) is 9.97 Å². The standard InChI is InChI=1S/C16H20FN3/c1-4-7-13-15(19-10-20-16(13)18-5-2)12-8-6-9-14(17)11(12)3/h6,8-10H,4-5,7H2,1-3H3,(H,18,19,20). The Morgan fingerprint density at radius 2 is 2.00 bits per heavy atom. The molecule has 2 aromatic rings. The predicted octanol–water partition coefficient (Wildman–Crippen LogP) is 3.98. The maximum atomic E-state index is 13.8. The Hall–Kier alpha value is -1.97. The second-order valence-corrected chi connectivity index (χ2v) is 4.74. The van der Waals surface area contributed by atoms with Crippen LogP contribution in [0.4, 0.5) is 10.2 Å². The molecule has 0 spiro atoms. The van der Waals surface area contributed by atoms with Crippen molar-refractivity contribution < 1.29 is 4.39 Å². The summed E-state index contributed by atoms with van der Waals surface area (Å²) >= 11 is 0. The molecule has 3 nitrogen and oxygen atoms in total. The van der Waals surface area contributed by atoms with Gasteiger partial charge in [-0.1, -0.05) is 25.5 Å². The first-order chi connectivity index (χ1) is 9.69. The quantitative estimate of drug-likeness (QED) is 0.895. The van der Waals surface area contributed by atoms with Gasteiger partial charge >= 0.3 is 0 Å². The molecule has 1 heterocycles. The van der Waals surface area contributed by atoms with Gasteiger partial charge in [-0.15, -0.1) is 0 Å². The van der Waals surface area contributed by atoms with E-state index in [0.717, 1.165) is 42.0 Å². The van der Waals surface area contributed by atoms with Crippen LogP contribution in [0.1, 0.15) is 31.4 Å². The largest absolute Gasteiger partial charge is 0.370 e. The van der Waals surface area contributed by atoms with Gasteiger partial charge in [-0.25, -0.2) is 14.4 Å². The van der Waals surface area contributed by atoms with Crippen LogP contribution in [0.25, 0.3) is 11.3 Å². The summed E-state index contributed by atoms with van der Waals surface area (Å²) in [5.74, 6) is 0.650. The minimum atomic E-state index is -0.200. The lowest BCUT2D eigenvalue weighted by atomic mass is 9.98. The molecule has 1 N–H and O–H groups in total. The van der Waals surface area contributed by atoms with Crippen molar-refractivity contribution in [3.05, 3.63) is 41.5 Å². The Labute approximate surface area is 119 Å². The number of hydrogen-bond acceptors (Lipinski definition) is 3. The Balaban J connectivity index is 2.60. The summed E-state index contributed by atoms with van der Waals surface area (Å²) < 4.78 is 13.8. The average Bonchev–Trinajstić information content (AvgIpc) is 2.44. The van der Waals surface area contributed by atoms with E-state index in [1.54, 1.807) is 13.0 Å². The lowest BCUT2D eigenvalue weighted by molar-refractivity contribution is 0.619. The smallest absolute Gasteiger partial charge is 0.133 e. The van der Waals surface area contributed by atoms with Crippen molar-refractivity contribution in [3.8, 4) is 11.3 Å². The summed E-state index contributed by atoms with van der Waals surface area (Å²) in [6.07, 6.45) is 3.40. The zero-order valence-electron chi connectivity index (χ0n) is 12.2. The monoisotopic (exact) mass is 273 g/mol. The third kappa shape index (κ3) is 2.79. The fourth-order valence-corrected chi connectivity index (χ4v) is 2.32. The fourth-order valence-electron chi connectivity index (χ4n) is 2.32. The van der Waals surface area contributed by atoms with Gasteiger partial charge in [0.1, 0.15) is 18.0 Å². The summed E-state index contributed by atoms with van der Waals surface area (Å²) in [7, 11) is 0. The van der Waals surface area contributed by atoms with E-state index >= 15 is 0 Å². The van der Waals surface area contributed by atoms with Crippen LogP contribution in [0.2, 0.25) is 0 Å². The Morgan fingerprint density at radius 3 is 2.70 bits per heavy atom. The van der Waals surface area contributed by atoms with Gasteiger partial charge in [-0.3, -0.25) is 0 Å². The van der Waals surface area contributed by atoms with Gasteiger partial charge in [0.25, 0.3) is 0 Å². The molecule has 0 fully saturated rings. The number of rotatable bonds is 5. The van der Waals surface area contributed by atoms with Crippen LogP contribution < -0.4 is 5.32 Å². The highest BCUT2D eigenvalue weighted by molar-refractivity contribution is 5.71. The van der Waals surface area contributed by atoms with Crippen LogP contribution in [0.15, 0.2) is 24.5 Å². The van der Waals surface area contributed by atoms with Gasteiger partial charge in [0.15, 0.2) is 0 Å². The summed E-state index contributed by atoms with van der Waals surface area (Å²) in [5.41, 5.74) is 3.36. The molecule has 106 valence electrons. The number of benzene rings is 1. The molecule has 0 bridgehead atoms. The molecule has 0 atom stereocenters. The van der Waals surface area contributed by atoms with E-state index in [1.165, 1.54) is 12.4 Å². The molecule has 0 aliphatic rings. The van der Waals surface area contributed by atoms with Gasteiger partial charge in [0.2, 0.25) is 0 Å². The van der Waals surface area contributed by atoms with Crippen molar-refractivity contribution in [2.75, 3.05) is 11.9 Å². The first-order valence-corrected chi connectivity index (χ1v) is 7.02. The first-order valence-electron chi connectivity index (χ1n) is 7.02. The molecule has 0 radical (unpaired) electrons. The highest BCUT2D eigenvalue weighted by Gasteiger charge is 2.15. The Bertz CT molecular complexity index is 596. The van der Waals surface area contributed by atoms with Gasteiger partial charge < -0.3 is 5.32 Å². The van der Waals surface area contributed by atoms with E-state index in [-0.39, 0.29) is 5.82 Å². The number of aromatic nitrogens is 2. The van der Waals surface area contributed by atoms with E-state index in [4.69, 9.17) is 0 Å². The van der Waals surface area contributed by atoms with Crippen LogP contribution in [0, 0.1) is 12.7 Å². The van der Waals surface area contributed by atoms with Gasteiger partial charge in [-0.2, -0.15) is 0 Å².